The third-order valence-corrected chi connectivity index (χ3v) is 3.82. The van der Waals surface area contributed by atoms with E-state index in [9.17, 15) is 9.90 Å². The number of hydrogen-bond donors (Lipinski definition) is 3. The lowest BCUT2D eigenvalue weighted by molar-refractivity contribution is 0.0851. The molecule has 4 heteroatoms. The molecule has 1 saturated carbocycles. The zero-order chi connectivity index (χ0) is 13.2. The van der Waals surface area contributed by atoms with Gasteiger partial charge in [-0.1, -0.05) is 6.07 Å². The monoisotopic (exact) mass is 258 g/mol. The molecule has 1 aliphatic carbocycles. The van der Waals surface area contributed by atoms with Gasteiger partial charge in [-0.15, -0.1) is 0 Å². The van der Waals surface area contributed by atoms with Crippen molar-refractivity contribution in [2.45, 2.75) is 37.8 Å². The molecule has 19 heavy (non-hydrogen) atoms. The molecule has 3 rings (SSSR count). The molecule has 3 N–H and O–H groups in total. The number of hydrogen-bond acceptors (Lipinski definition) is 2. The van der Waals surface area contributed by atoms with E-state index >= 15 is 0 Å². The van der Waals surface area contributed by atoms with Crippen LogP contribution in [0.5, 0.6) is 0 Å². The van der Waals surface area contributed by atoms with Crippen LogP contribution in [0.25, 0.3) is 10.9 Å². The minimum Gasteiger partial charge on any atom is -0.393 e. The maximum Gasteiger partial charge on any atom is 0.252 e. The number of amides is 1. The van der Waals surface area contributed by atoms with Gasteiger partial charge in [0.05, 0.1) is 6.10 Å². The number of benzene rings is 1. The number of aromatic nitrogens is 1. The van der Waals surface area contributed by atoms with E-state index < -0.39 is 0 Å². The van der Waals surface area contributed by atoms with Gasteiger partial charge in [0.25, 0.3) is 5.91 Å². The van der Waals surface area contributed by atoms with Crippen LogP contribution in [0, 0.1) is 0 Å². The lowest BCUT2D eigenvalue weighted by Crippen LogP contribution is -2.39. The zero-order valence-electron chi connectivity index (χ0n) is 10.7. The van der Waals surface area contributed by atoms with E-state index in [4.69, 9.17) is 0 Å². The highest BCUT2D eigenvalue weighted by Gasteiger charge is 2.22. The average Bonchev–Trinajstić information content (AvgIpc) is 2.86. The van der Waals surface area contributed by atoms with Crippen molar-refractivity contribution >= 4 is 16.8 Å². The van der Waals surface area contributed by atoms with Crippen molar-refractivity contribution in [3.8, 4) is 0 Å². The fourth-order valence-corrected chi connectivity index (χ4v) is 2.84. The molecule has 0 radical (unpaired) electrons. The number of nitrogens with one attached hydrogen (secondary N) is 2. The highest BCUT2D eigenvalue weighted by atomic mass is 16.3. The second kappa shape index (κ2) is 5.05. The van der Waals surface area contributed by atoms with Crippen molar-refractivity contribution in [3.05, 3.63) is 36.0 Å². The smallest absolute Gasteiger partial charge is 0.252 e. The van der Waals surface area contributed by atoms with E-state index in [1.807, 2.05) is 30.5 Å². The first kappa shape index (κ1) is 12.2. The molecule has 1 amide bonds. The van der Waals surface area contributed by atoms with Crippen molar-refractivity contribution in [3.63, 3.8) is 0 Å². The fourth-order valence-electron chi connectivity index (χ4n) is 2.84. The Morgan fingerprint density at radius 3 is 3.05 bits per heavy atom. The largest absolute Gasteiger partial charge is 0.393 e. The average molecular weight is 258 g/mol. The van der Waals surface area contributed by atoms with E-state index in [0.717, 1.165) is 30.2 Å². The number of aliphatic hydroxyl groups excluding tert-OH is 1. The van der Waals surface area contributed by atoms with Crippen LogP contribution >= 0.6 is 0 Å². The molecule has 2 aromatic rings. The summed E-state index contributed by atoms with van der Waals surface area (Å²) >= 11 is 0. The maximum atomic E-state index is 12.3. The first-order chi connectivity index (χ1) is 9.24. The van der Waals surface area contributed by atoms with Crippen molar-refractivity contribution in [2.24, 2.45) is 0 Å². The van der Waals surface area contributed by atoms with Crippen molar-refractivity contribution in [1.82, 2.24) is 10.3 Å². The number of aromatic amines is 1. The van der Waals surface area contributed by atoms with Crippen LogP contribution in [0.4, 0.5) is 0 Å². The molecule has 0 spiro atoms. The Morgan fingerprint density at radius 2 is 2.21 bits per heavy atom. The van der Waals surface area contributed by atoms with E-state index in [1.54, 1.807) is 0 Å². The molecule has 2 unspecified atom stereocenters. The number of fused-ring (bicyclic) bond motifs is 1. The molecule has 1 heterocycles. The topological polar surface area (TPSA) is 65.1 Å². The van der Waals surface area contributed by atoms with Crippen LogP contribution in [-0.4, -0.2) is 28.1 Å². The van der Waals surface area contributed by atoms with Crippen LogP contribution in [0.2, 0.25) is 0 Å². The molecule has 1 fully saturated rings. The van der Waals surface area contributed by atoms with Gasteiger partial charge in [0.1, 0.15) is 0 Å². The number of H-pyrrole nitrogens is 1. The Balaban J connectivity index is 1.78. The summed E-state index contributed by atoms with van der Waals surface area (Å²) in [6, 6.07) is 7.68. The number of carbonyl (C=O) groups is 1. The Bertz CT molecular complexity index is 591. The summed E-state index contributed by atoms with van der Waals surface area (Å²) < 4.78 is 0. The van der Waals surface area contributed by atoms with Gasteiger partial charge in [0, 0.05) is 28.7 Å². The molecular formula is C15H18N2O2. The van der Waals surface area contributed by atoms with Gasteiger partial charge in [-0.2, -0.15) is 0 Å². The molecule has 2 atom stereocenters. The minimum absolute atomic E-state index is 0.0516. The Hall–Kier alpha value is -1.81. The van der Waals surface area contributed by atoms with Gasteiger partial charge in [-0.05, 0) is 43.9 Å². The quantitative estimate of drug-likeness (QED) is 0.773. The third-order valence-electron chi connectivity index (χ3n) is 3.82. The predicted octanol–water partition coefficient (Wildman–Crippen LogP) is 2.20. The second-order valence-corrected chi connectivity index (χ2v) is 5.24. The van der Waals surface area contributed by atoms with Crippen molar-refractivity contribution in [1.29, 1.82) is 0 Å². The SMILES string of the molecule is O=C(NC1CCCC(O)C1)c1cccc2[nH]ccc12. The normalized spacial score (nSPS) is 23.4. The molecule has 0 saturated heterocycles. The summed E-state index contributed by atoms with van der Waals surface area (Å²) in [7, 11) is 0. The maximum absolute atomic E-state index is 12.3. The molecular weight excluding hydrogens is 240 g/mol. The van der Waals surface area contributed by atoms with Crippen molar-refractivity contribution < 1.29 is 9.90 Å². The van der Waals surface area contributed by atoms with Crippen LogP contribution in [0.3, 0.4) is 0 Å². The summed E-state index contributed by atoms with van der Waals surface area (Å²) in [6.07, 6.45) is 4.99. The summed E-state index contributed by atoms with van der Waals surface area (Å²) in [5.74, 6) is -0.0516. The van der Waals surface area contributed by atoms with Crippen molar-refractivity contribution in [2.75, 3.05) is 0 Å². The number of carbonyl (C=O) groups excluding carboxylic acids is 1. The lowest BCUT2D eigenvalue weighted by Gasteiger charge is -2.26. The van der Waals surface area contributed by atoms with Gasteiger partial charge in [0.15, 0.2) is 0 Å². The molecule has 0 bridgehead atoms. The van der Waals surface area contributed by atoms with E-state index in [0.29, 0.717) is 12.0 Å². The van der Waals surface area contributed by atoms with Crippen LogP contribution in [-0.2, 0) is 0 Å². The van der Waals surface area contributed by atoms with Crippen LogP contribution in [0.1, 0.15) is 36.0 Å². The Labute approximate surface area is 111 Å². The highest BCUT2D eigenvalue weighted by molar-refractivity contribution is 6.06. The zero-order valence-corrected chi connectivity index (χ0v) is 10.7. The van der Waals surface area contributed by atoms with Gasteiger partial charge in [0.2, 0.25) is 0 Å². The predicted molar refractivity (Wildman–Crippen MR) is 74.0 cm³/mol. The number of rotatable bonds is 2. The van der Waals surface area contributed by atoms with E-state index in [1.165, 1.54) is 0 Å². The van der Waals surface area contributed by atoms with Gasteiger partial charge >= 0.3 is 0 Å². The third kappa shape index (κ3) is 2.49. The molecule has 4 nitrogen and oxygen atoms in total. The van der Waals surface area contributed by atoms with Gasteiger partial charge in [-0.25, -0.2) is 0 Å². The summed E-state index contributed by atoms with van der Waals surface area (Å²) in [4.78, 5) is 15.4. The van der Waals surface area contributed by atoms with E-state index in [-0.39, 0.29) is 18.1 Å². The standard InChI is InChI=1S/C15H18N2O2/c18-11-4-1-3-10(9-11)17-15(19)13-5-2-6-14-12(13)7-8-16-14/h2,5-8,10-11,16,18H,1,3-4,9H2,(H,17,19). The molecule has 1 aliphatic rings. The minimum atomic E-state index is -0.276. The first-order valence-electron chi connectivity index (χ1n) is 6.79. The van der Waals surface area contributed by atoms with Gasteiger partial charge < -0.3 is 15.4 Å². The van der Waals surface area contributed by atoms with Crippen LogP contribution < -0.4 is 5.32 Å². The Morgan fingerprint density at radius 1 is 1.32 bits per heavy atom. The Kier molecular flexibility index (Phi) is 3.25. The molecule has 100 valence electrons. The summed E-state index contributed by atoms with van der Waals surface area (Å²) in [6.45, 7) is 0. The molecule has 1 aromatic carbocycles. The summed E-state index contributed by atoms with van der Waals surface area (Å²) in [5.41, 5.74) is 1.66. The first-order valence-corrected chi connectivity index (χ1v) is 6.79. The lowest BCUT2D eigenvalue weighted by atomic mass is 9.93. The number of aliphatic hydroxyl groups is 1. The van der Waals surface area contributed by atoms with E-state index in [2.05, 4.69) is 10.3 Å². The fraction of sp³-hybridized carbons (Fsp3) is 0.400. The highest BCUT2D eigenvalue weighted by Crippen LogP contribution is 2.21. The van der Waals surface area contributed by atoms with Gasteiger partial charge in [-0.3, -0.25) is 4.79 Å². The summed E-state index contributed by atoms with van der Waals surface area (Å²) in [5, 5.41) is 13.6. The molecule has 1 aromatic heterocycles. The second-order valence-electron chi connectivity index (χ2n) is 5.24. The molecule has 0 aliphatic heterocycles. The van der Waals surface area contributed by atoms with Crippen LogP contribution in [0.15, 0.2) is 30.5 Å².